The highest BCUT2D eigenvalue weighted by Gasteiger charge is 2.25. The minimum absolute atomic E-state index is 0.129. The van der Waals surface area contributed by atoms with Crippen LogP contribution in [0.1, 0.15) is 38.7 Å². The molecule has 0 radical (unpaired) electrons. The van der Waals surface area contributed by atoms with Gasteiger partial charge in [0.05, 0.1) is 0 Å². The zero-order valence-corrected chi connectivity index (χ0v) is 14.4. The second kappa shape index (κ2) is 8.20. The standard InChI is InChI=1S/C18H29N3O2/c1-13(2)21(3)17-7-5-4-6-15(17)11-19-18(23)20-16-9-8-14(10-16)12-22/h4-7,13-14,16,22H,8-12H2,1-3H3,(H2,19,20,23)/t14-,16+/m1/s1. The molecule has 5 heteroatoms. The molecule has 0 bridgehead atoms. The lowest BCUT2D eigenvalue weighted by atomic mass is 10.1. The smallest absolute Gasteiger partial charge is 0.315 e. The second-order valence-corrected chi connectivity index (χ2v) is 6.72. The van der Waals surface area contributed by atoms with Gasteiger partial charge in [0.1, 0.15) is 0 Å². The maximum absolute atomic E-state index is 12.1. The van der Waals surface area contributed by atoms with Gasteiger partial charge in [-0.25, -0.2) is 4.79 Å². The van der Waals surface area contributed by atoms with Gasteiger partial charge in [0.15, 0.2) is 0 Å². The first kappa shape index (κ1) is 17.6. The van der Waals surface area contributed by atoms with E-state index in [1.807, 2.05) is 18.2 Å². The first-order chi connectivity index (χ1) is 11.0. The lowest BCUT2D eigenvalue weighted by Gasteiger charge is -2.26. The summed E-state index contributed by atoms with van der Waals surface area (Å²) in [5.74, 6) is 0.334. The highest BCUT2D eigenvalue weighted by atomic mass is 16.3. The minimum Gasteiger partial charge on any atom is -0.396 e. The van der Waals surface area contributed by atoms with Crippen LogP contribution in [0, 0.1) is 5.92 Å². The summed E-state index contributed by atoms with van der Waals surface area (Å²) in [7, 11) is 2.07. The summed E-state index contributed by atoms with van der Waals surface area (Å²) in [6.07, 6.45) is 2.81. The number of aliphatic hydroxyl groups is 1. The number of nitrogens with one attached hydrogen (secondary N) is 2. The molecule has 0 unspecified atom stereocenters. The number of hydrogen-bond acceptors (Lipinski definition) is 3. The fraction of sp³-hybridized carbons (Fsp3) is 0.611. The third-order valence-corrected chi connectivity index (χ3v) is 4.72. The van der Waals surface area contributed by atoms with Crippen molar-refractivity contribution in [2.24, 2.45) is 5.92 Å². The molecule has 0 aromatic heterocycles. The van der Waals surface area contributed by atoms with E-state index in [9.17, 15) is 4.79 Å². The predicted molar refractivity (Wildman–Crippen MR) is 93.6 cm³/mol. The molecule has 1 aromatic carbocycles. The number of carbonyl (C=O) groups excluding carboxylic acids is 1. The first-order valence-corrected chi connectivity index (χ1v) is 8.47. The Morgan fingerprint density at radius 3 is 2.74 bits per heavy atom. The fourth-order valence-electron chi connectivity index (χ4n) is 3.07. The Balaban J connectivity index is 1.87. The number of anilines is 1. The van der Waals surface area contributed by atoms with Crippen molar-refractivity contribution in [2.45, 2.75) is 51.7 Å². The van der Waals surface area contributed by atoms with Crippen molar-refractivity contribution >= 4 is 11.7 Å². The van der Waals surface area contributed by atoms with Crippen LogP contribution in [0.5, 0.6) is 0 Å². The molecule has 0 aliphatic heterocycles. The molecule has 1 fully saturated rings. The van der Waals surface area contributed by atoms with Crippen LogP contribution < -0.4 is 15.5 Å². The monoisotopic (exact) mass is 319 g/mol. The first-order valence-electron chi connectivity index (χ1n) is 8.47. The summed E-state index contributed by atoms with van der Waals surface area (Å²) in [6.45, 7) is 5.02. The summed E-state index contributed by atoms with van der Waals surface area (Å²) in [5, 5.41) is 15.1. The summed E-state index contributed by atoms with van der Waals surface area (Å²) >= 11 is 0. The average molecular weight is 319 g/mol. The van der Waals surface area contributed by atoms with Gasteiger partial charge < -0.3 is 20.6 Å². The molecule has 0 spiro atoms. The van der Waals surface area contributed by atoms with Crippen LogP contribution in [-0.4, -0.2) is 36.9 Å². The number of hydrogen-bond donors (Lipinski definition) is 3. The Morgan fingerprint density at radius 1 is 1.35 bits per heavy atom. The molecule has 23 heavy (non-hydrogen) atoms. The molecular formula is C18H29N3O2. The van der Waals surface area contributed by atoms with Crippen molar-refractivity contribution in [3.63, 3.8) is 0 Å². The number of carbonyl (C=O) groups is 1. The van der Waals surface area contributed by atoms with Crippen LogP contribution in [0.2, 0.25) is 0 Å². The zero-order valence-electron chi connectivity index (χ0n) is 14.4. The van der Waals surface area contributed by atoms with Crippen molar-refractivity contribution in [3.8, 4) is 0 Å². The molecule has 0 saturated heterocycles. The number of aliphatic hydroxyl groups excluding tert-OH is 1. The Labute approximate surface area is 139 Å². The Morgan fingerprint density at radius 2 is 2.09 bits per heavy atom. The van der Waals surface area contributed by atoms with Crippen LogP contribution >= 0.6 is 0 Å². The summed E-state index contributed by atoms with van der Waals surface area (Å²) in [4.78, 5) is 14.3. The number of benzene rings is 1. The van der Waals surface area contributed by atoms with Crippen LogP contribution in [-0.2, 0) is 6.54 Å². The van der Waals surface area contributed by atoms with E-state index in [4.69, 9.17) is 5.11 Å². The van der Waals surface area contributed by atoms with Gasteiger partial charge in [0.2, 0.25) is 0 Å². The quantitative estimate of drug-likeness (QED) is 0.755. The molecular weight excluding hydrogens is 290 g/mol. The minimum atomic E-state index is -0.129. The highest BCUT2D eigenvalue weighted by Crippen LogP contribution is 2.25. The molecule has 0 heterocycles. The number of para-hydroxylation sites is 1. The second-order valence-electron chi connectivity index (χ2n) is 6.72. The van der Waals surface area contributed by atoms with Crippen molar-refractivity contribution in [1.82, 2.24) is 10.6 Å². The van der Waals surface area contributed by atoms with Crippen molar-refractivity contribution in [1.29, 1.82) is 0 Å². The highest BCUT2D eigenvalue weighted by molar-refractivity contribution is 5.74. The fourth-order valence-corrected chi connectivity index (χ4v) is 3.07. The van der Waals surface area contributed by atoms with Gasteiger partial charge in [-0.1, -0.05) is 18.2 Å². The van der Waals surface area contributed by atoms with Gasteiger partial charge in [-0.05, 0) is 50.7 Å². The lowest BCUT2D eigenvalue weighted by molar-refractivity contribution is 0.223. The SMILES string of the molecule is CC(C)N(C)c1ccccc1CNC(=O)N[C@H]1CC[C@@H](CO)C1. The largest absolute Gasteiger partial charge is 0.396 e. The molecule has 1 aliphatic carbocycles. The van der Waals surface area contributed by atoms with E-state index < -0.39 is 0 Å². The molecule has 3 N–H and O–H groups in total. The van der Waals surface area contributed by atoms with E-state index in [2.05, 4.69) is 42.5 Å². The molecule has 128 valence electrons. The Hall–Kier alpha value is -1.75. The topological polar surface area (TPSA) is 64.6 Å². The molecule has 1 aliphatic rings. The number of rotatable bonds is 6. The van der Waals surface area contributed by atoms with Crippen molar-refractivity contribution in [3.05, 3.63) is 29.8 Å². The number of amides is 2. The van der Waals surface area contributed by atoms with Gasteiger partial charge in [-0.2, -0.15) is 0 Å². The van der Waals surface area contributed by atoms with Crippen molar-refractivity contribution < 1.29 is 9.90 Å². The lowest BCUT2D eigenvalue weighted by Crippen LogP contribution is -2.41. The van der Waals surface area contributed by atoms with E-state index >= 15 is 0 Å². The van der Waals surface area contributed by atoms with Crippen LogP contribution in [0.3, 0.4) is 0 Å². The average Bonchev–Trinajstić information content (AvgIpc) is 3.00. The number of nitrogens with zero attached hydrogens (tertiary/aromatic N) is 1. The van der Waals surface area contributed by atoms with Crippen LogP contribution in [0.15, 0.2) is 24.3 Å². The summed E-state index contributed by atoms with van der Waals surface area (Å²) < 4.78 is 0. The maximum Gasteiger partial charge on any atom is 0.315 e. The molecule has 5 nitrogen and oxygen atoms in total. The third kappa shape index (κ3) is 4.86. The maximum atomic E-state index is 12.1. The zero-order chi connectivity index (χ0) is 16.8. The van der Waals surface area contributed by atoms with E-state index in [1.165, 1.54) is 0 Å². The van der Waals surface area contributed by atoms with Gasteiger partial charge in [0, 0.05) is 38.0 Å². The summed E-state index contributed by atoms with van der Waals surface area (Å²) in [6, 6.07) is 8.60. The van der Waals surface area contributed by atoms with Crippen LogP contribution in [0.25, 0.3) is 0 Å². The van der Waals surface area contributed by atoms with Gasteiger partial charge in [-0.3, -0.25) is 0 Å². The van der Waals surface area contributed by atoms with Gasteiger partial charge in [-0.15, -0.1) is 0 Å². The Bertz CT molecular complexity index is 519. The molecule has 2 amide bonds. The van der Waals surface area contributed by atoms with Gasteiger partial charge >= 0.3 is 6.03 Å². The van der Waals surface area contributed by atoms with E-state index in [0.29, 0.717) is 18.5 Å². The Kier molecular flexibility index (Phi) is 6.28. The van der Waals surface area contributed by atoms with E-state index in [1.54, 1.807) is 0 Å². The van der Waals surface area contributed by atoms with Crippen LogP contribution in [0.4, 0.5) is 10.5 Å². The normalized spacial score (nSPS) is 20.6. The molecule has 1 aromatic rings. The molecule has 2 rings (SSSR count). The van der Waals surface area contributed by atoms with E-state index in [-0.39, 0.29) is 18.7 Å². The van der Waals surface area contributed by atoms with E-state index in [0.717, 1.165) is 30.5 Å². The predicted octanol–water partition coefficient (Wildman–Crippen LogP) is 2.49. The van der Waals surface area contributed by atoms with Crippen molar-refractivity contribution in [2.75, 3.05) is 18.6 Å². The van der Waals surface area contributed by atoms with Gasteiger partial charge in [0.25, 0.3) is 0 Å². The molecule has 1 saturated carbocycles. The third-order valence-electron chi connectivity index (χ3n) is 4.72. The summed E-state index contributed by atoms with van der Waals surface area (Å²) in [5.41, 5.74) is 2.25. The number of urea groups is 1. The molecule has 2 atom stereocenters.